The van der Waals surface area contributed by atoms with Crippen molar-refractivity contribution in [3.8, 4) is 0 Å². The molecule has 0 aliphatic carbocycles. The van der Waals surface area contributed by atoms with Gasteiger partial charge < -0.3 is 14.8 Å². The molecule has 1 aromatic carbocycles. The van der Waals surface area contributed by atoms with E-state index in [-0.39, 0.29) is 17.9 Å². The van der Waals surface area contributed by atoms with Crippen LogP contribution in [0.5, 0.6) is 0 Å². The zero-order chi connectivity index (χ0) is 16.4. The minimum absolute atomic E-state index is 0.0992. The van der Waals surface area contributed by atoms with E-state index in [0.717, 1.165) is 18.7 Å². The van der Waals surface area contributed by atoms with Gasteiger partial charge >= 0.3 is 6.03 Å². The number of nitrogens with one attached hydrogen (secondary N) is 1. The van der Waals surface area contributed by atoms with E-state index in [1.165, 1.54) is 17.8 Å². The van der Waals surface area contributed by atoms with Gasteiger partial charge in [-0.05, 0) is 37.3 Å². The fourth-order valence-corrected chi connectivity index (χ4v) is 3.27. The maximum Gasteiger partial charge on any atom is 0.322 e. The van der Waals surface area contributed by atoms with Crippen LogP contribution in [0.3, 0.4) is 0 Å². The van der Waals surface area contributed by atoms with E-state index >= 15 is 0 Å². The number of hydrogen-bond donors (Lipinski definition) is 1. The van der Waals surface area contributed by atoms with Gasteiger partial charge in [0.25, 0.3) is 0 Å². The number of thioether (sulfide) groups is 1. The monoisotopic (exact) mass is 335 g/mol. The average Bonchev–Trinajstić information content (AvgIpc) is 3.15. The molecule has 3 rings (SSSR count). The van der Waals surface area contributed by atoms with Gasteiger partial charge in [-0.15, -0.1) is 22.0 Å². The lowest BCUT2D eigenvalue weighted by atomic mass is 10.2. The summed E-state index contributed by atoms with van der Waals surface area (Å²) >= 11 is 1.33. The highest BCUT2D eigenvalue weighted by Crippen LogP contribution is 2.31. The summed E-state index contributed by atoms with van der Waals surface area (Å²) in [5.74, 6) is 0.433. The van der Waals surface area contributed by atoms with Crippen molar-refractivity contribution in [1.82, 2.24) is 19.7 Å². The standard InChI is InChI=1S/C15H18FN5OS/c1-20-9-17-19-14(20)12-4-3-7-21(12)15(22)18-10-5-6-13(23-2)11(16)8-10/h5-6,8-9,12H,3-4,7H2,1-2H3,(H,18,22). The van der Waals surface area contributed by atoms with Crippen LogP contribution in [0.1, 0.15) is 24.7 Å². The molecule has 1 atom stereocenters. The lowest BCUT2D eigenvalue weighted by Gasteiger charge is -2.24. The van der Waals surface area contributed by atoms with Crippen molar-refractivity contribution in [3.63, 3.8) is 0 Å². The number of hydrogen-bond acceptors (Lipinski definition) is 4. The van der Waals surface area contributed by atoms with Crippen LogP contribution in [-0.4, -0.2) is 38.5 Å². The smallest absolute Gasteiger partial charge is 0.319 e. The molecule has 1 unspecified atom stereocenters. The third-order valence-electron chi connectivity index (χ3n) is 3.96. The van der Waals surface area contributed by atoms with E-state index in [9.17, 15) is 9.18 Å². The molecule has 0 spiro atoms. The van der Waals surface area contributed by atoms with E-state index in [1.807, 2.05) is 17.9 Å². The second kappa shape index (κ2) is 6.57. The molecule has 1 N–H and O–H groups in total. The van der Waals surface area contributed by atoms with Crippen LogP contribution in [-0.2, 0) is 7.05 Å². The fraction of sp³-hybridized carbons (Fsp3) is 0.400. The molecule has 23 heavy (non-hydrogen) atoms. The molecule has 6 nitrogen and oxygen atoms in total. The largest absolute Gasteiger partial charge is 0.322 e. The number of carbonyl (C=O) groups excluding carboxylic acids is 1. The molecule has 1 aliphatic rings. The van der Waals surface area contributed by atoms with Crippen LogP contribution >= 0.6 is 11.8 Å². The maximum absolute atomic E-state index is 13.8. The highest BCUT2D eigenvalue weighted by Gasteiger charge is 2.33. The molecule has 1 aromatic heterocycles. The Morgan fingerprint density at radius 2 is 2.30 bits per heavy atom. The maximum atomic E-state index is 13.8. The molecule has 8 heteroatoms. The van der Waals surface area contributed by atoms with Gasteiger partial charge in [0.1, 0.15) is 12.1 Å². The van der Waals surface area contributed by atoms with Crippen LogP contribution in [0.15, 0.2) is 29.4 Å². The van der Waals surface area contributed by atoms with E-state index < -0.39 is 0 Å². The zero-order valence-corrected chi connectivity index (χ0v) is 13.8. The van der Waals surface area contributed by atoms with Crippen molar-refractivity contribution in [2.45, 2.75) is 23.8 Å². The van der Waals surface area contributed by atoms with Crippen LogP contribution < -0.4 is 5.32 Å². The summed E-state index contributed by atoms with van der Waals surface area (Å²) in [6.07, 6.45) is 5.19. The number of benzene rings is 1. The lowest BCUT2D eigenvalue weighted by Crippen LogP contribution is -2.35. The number of halogens is 1. The van der Waals surface area contributed by atoms with Crippen LogP contribution in [0.2, 0.25) is 0 Å². The number of amides is 2. The van der Waals surface area contributed by atoms with Crippen molar-refractivity contribution in [2.24, 2.45) is 7.05 Å². The van der Waals surface area contributed by atoms with Gasteiger partial charge in [0, 0.05) is 24.2 Å². The predicted octanol–water partition coefficient (Wildman–Crippen LogP) is 3.05. The summed E-state index contributed by atoms with van der Waals surface area (Å²) in [5.41, 5.74) is 0.453. The average molecular weight is 335 g/mol. The third kappa shape index (κ3) is 3.17. The number of aromatic nitrogens is 3. The normalized spacial score (nSPS) is 17.5. The molecule has 1 aliphatic heterocycles. The Bertz CT molecular complexity index is 720. The molecule has 0 saturated carbocycles. The summed E-state index contributed by atoms with van der Waals surface area (Å²) in [5, 5.41) is 10.7. The topological polar surface area (TPSA) is 63.1 Å². The first kappa shape index (κ1) is 15.8. The second-order valence-electron chi connectivity index (χ2n) is 5.43. The molecule has 2 heterocycles. The highest BCUT2D eigenvalue weighted by atomic mass is 32.2. The number of carbonyl (C=O) groups is 1. The first-order valence-electron chi connectivity index (χ1n) is 7.35. The summed E-state index contributed by atoms with van der Waals surface area (Å²) in [4.78, 5) is 14.8. The van der Waals surface area contributed by atoms with Crippen molar-refractivity contribution in [2.75, 3.05) is 18.1 Å². The lowest BCUT2D eigenvalue weighted by molar-refractivity contribution is 0.204. The Labute approximate surface area is 138 Å². The summed E-state index contributed by atoms with van der Waals surface area (Å²) in [6, 6.07) is 4.38. The number of anilines is 1. The summed E-state index contributed by atoms with van der Waals surface area (Å²) < 4.78 is 15.6. The van der Waals surface area contributed by atoms with E-state index in [4.69, 9.17) is 0 Å². The first-order chi connectivity index (χ1) is 11.1. The number of nitrogens with zero attached hydrogens (tertiary/aromatic N) is 4. The number of rotatable bonds is 3. The van der Waals surface area contributed by atoms with E-state index in [2.05, 4.69) is 15.5 Å². The van der Waals surface area contributed by atoms with E-state index in [1.54, 1.807) is 23.4 Å². The second-order valence-corrected chi connectivity index (χ2v) is 6.28. The zero-order valence-electron chi connectivity index (χ0n) is 13.0. The quantitative estimate of drug-likeness (QED) is 0.876. The predicted molar refractivity (Wildman–Crippen MR) is 86.9 cm³/mol. The minimum atomic E-state index is -0.332. The van der Waals surface area contributed by atoms with Crippen molar-refractivity contribution in [1.29, 1.82) is 0 Å². The Hall–Kier alpha value is -2.09. The molecular formula is C15H18FN5OS. The summed E-state index contributed by atoms with van der Waals surface area (Å²) in [6.45, 7) is 0.648. The van der Waals surface area contributed by atoms with Crippen LogP contribution in [0, 0.1) is 5.82 Å². The Balaban J connectivity index is 1.75. The van der Waals surface area contributed by atoms with Crippen molar-refractivity contribution < 1.29 is 9.18 Å². The van der Waals surface area contributed by atoms with E-state index in [0.29, 0.717) is 17.1 Å². The molecular weight excluding hydrogens is 317 g/mol. The first-order valence-corrected chi connectivity index (χ1v) is 8.57. The van der Waals surface area contributed by atoms with Gasteiger partial charge in [0.05, 0.1) is 6.04 Å². The van der Waals surface area contributed by atoms with Gasteiger partial charge in [0.15, 0.2) is 5.82 Å². The fourth-order valence-electron chi connectivity index (χ4n) is 2.81. The Morgan fingerprint density at radius 1 is 1.48 bits per heavy atom. The third-order valence-corrected chi connectivity index (χ3v) is 4.73. The van der Waals surface area contributed by atoms with Gasteiger partial charge in [-0.1, -0.05) is 0 Å². The molecule has 1 fully saturated rings. The minimum Gasteiger partial charge on any atom is -0.319 e. The SMILES string of the molecule is CSc1ccc(NC(=O)N2CCCC2c2nncn2C)cc1F. The highest BCUT2D eigenvalue weighted by molar-refractivity contribution is 7.98. The van der Waals surface area contributed by atoms with Gasteiger partial charge in [-0.25, -0.2) is 9.18 Å². The molecule has 2 aromatic rings. The van der Waals surface area contributed by atoms with Gasteiger partial charge in [-0.3, -0.25) is 0 Å². The molecule has 1 saturated heterocycles. The van der Waals surface area contributed by atoms with Crippen LogP contribution in [0.4, 0.5) is 14.9 Å². The van der Waals surface area contributed by atoms with Gasteiger partial charge in [0.2, 0.25) is 0 Å². The Kier molecular flexibility index (Phi) is 4.51. The van der Waals surface area contributed by atoms with Crippen LogP contribution in [0.25, 0.3) is 0 Å². The molecule has 122 valence electrons. The Morgan fingerprint density at radius 3 is 2.96 bits per heavy atom. The number of aryl methyl sites for hydroxylation is 1. The molecule has 2 amide bonds. The number of urea groups is 1. The number of likely N-dealkylation sites (tertiary alicyclic amines) is 1. The van der Waals surface area contributed by atoms with Crippen molar-refractivity contribution >= 4 is 23.5 Å². The molecule has 0 radical (unpaired) electrons. The molecule has 0 bridgehead atoms. The van der Waals surface area contributed by atoms with Crippen molar-refractivity contribution in [3.05, 3.63) is 36.2 Å². The summed E-state index contributed by atoms with van der Waals surface area (Å²) in [7, 11) is 1.86. The van der Waals surface area contributed by atoms with Gasteiger partial charge in [-0.2, -0.15) is 0 Å².